The van der Waals surface area contributed by atoms with Crippen LogP contribution in [-0.2, 0) is 4.79 Å². The maximum absolute atomic E-state index is 12.7. The standard InChI is InChI=1S/C19H20ClN3O3/c20-16-4-2-1-3-15(16)17-11-22-9-10-23(17)18(24)12-26-14-7-5-13(6-8-14)19(21)25/h1-8,17,22H,9-12H2,(H2,21,25). The van der Waals surface area contributed by atoms with Gasteiger partial charge < -0.3 is 20.7 Å². The Kier molecular flexibility index (Phi) is 5.75. The Bertz CT molecular complexity index is 795. The number of amides is 2. The van der Waals surface area contributed by atoms with E-state index in [1.807, 2.05) is 24.3 Å². The average molecular weight is 374 g/mol. The molecule has 136 valence electrons. The first-order chi connectivity index (χ1) is 12.6. The lowest BCUT2D eigenvalue weighted by molar-refractivity contribution is -0.136. The number of benzene rings is 2. The molecule has 0 aromatic heterocycles. The number of hydrogen-bond acceptors (Lipinski definition) is 4. The van der Waals surface area contributed by atoms with Gasteiger partial charge in [-0.3, -0.25) is 9.59 Å². The van der Waals surface area contributed by atoms with Crippen LogP contribution >= 0.6 is 11.6 Å². The molecular formula is C19H20ClN3O3. The second kappa shape index (κ2) is 8.21. The van der Waals surface area contributed by atoms with Gasteiger partial charge in [-0.25, -0.2) is 0 Å². The Labute approximate surface area is 156 Å². The molecule has 2 amide bonds. The number of hydrogen-bond donors (Lipinski definition) is 2. The van der Waals surface area contributed by atoms with E-state index >= 15 is 0 Å². The fraction of sp³-hybridized carbons (Fsp3) is 0.263. The maximum Gasteiger partial charge on any atom is 0.261 e. The molecule has 3 rings (SSSR count). The molecule has 2 aromatic carbocycles. The van der Waals surface area contributed by atoms with Crippen LogP contribution in [0.5, 0.6) is 5.75 Å². The third kappa shape index (κ3) is 4.15. The first-order valence-corrected chi connectivity index (χ1v) is 8.71. The Hall–Kier alpha value is -2.57. The molecule has 0 bridgehead atoms. The predicted molar refractivity (Wildman–Crippen MR) is 99.2 cm³/mol. The lowest BCUT2D eigenvalue weighted by Crippen LogP contribution is -2.50. The van der Waals surface area contributed by atoms with Crippen molar-refractivity contribution in [3.63, 3.8) is 0 Å². The van der Waals surface area contributed by atoms with Crippen molar-refractivity contribution in [1.29, 1.82) is 0 Å². The molecule has 1 aliphatic rings. The Morgan fingerprint density at radius 3 is 2.62 bits per heavy atom. The second-order valence-electron chi connectivity index (χ2n) is 6.01. The fourth-order valence-electron chi connectivity index (χ4n) is 2.97. The number of carbonyl (C=O) groups is 2. The molecule has 0 spiro atoms. The van der Waals surface area contributed by atoms with Gasteiger partial charge in [0, 0.05) is 30.2 Å². The van der Waals surface area contributed by atoms with Crippen molar-refractivity contribution in [3.05, 3.63) is 64.7 Å². The van der Waals surface area contributed by atoms with Crippen LogP contribution in [0.4, 0.5) is 0 Å². The van der Waals surface area contributed by atoms with Gasteiger partial charge in [-0.15, -0.1) is 0 Å². The van der Waals surface area contributed by atoms with E-state index in [1.165, 1.54) is 0 Å². The molecule has 0 aliphatic carbocycles. The lowest BCUT2D eigenvalue weighted by atomic mass is 10.0. The SMILES string of the molecule is NC(=O)c1ccc(OCC(=O)N2CCNCC2c2ccccc2Cl)cc1. The van der Waals surface area contributed by atoms with Gasteiger partial charge in [0.15, 0.2) is 6.61 Å². The summed E-state index contributed by atoms with van der Waals surface area (Å²) >= 11 is 6.31. The minimum atomic E-state index is -0.504. The third-order valence-electron chi connectivity index (χ3n) is 4.33. The van der Waals surface area contributed by atoms with Crippen LogP contribution in [0.15, 0.2) is 48.5 Å². The van der Waals surface area contributed by atoms with E-state index < -0.39 is 5.91 Å². The van der Waals surface area contributed by atoms with Gasteiger partial charge in [-0.2, -0.15) is 0 Å². The summed E-state index contributed by atoms with van der Waals surface area (Å²) in [7, 11) is 0. The minimum absolute atomic E-state index is 0.0864. The number of nitrogens with zero attached hydrogens (tertiary/aromatic N) is 1. The highest BCUT2D eigenvalue weighted by molar-refractivity contribution is 6.31. The van der Waals surface area contributed by atoms with E-state index in [2.05, 4.69) is 5.32 Å². The molecule has 7 heteroatoms. The largest absolute Gasteiger partial charge is 0.484 e. The molecule has 2 aromatic rings. The van der Waals surface area contributed by atoms with Crippen LogP contribution in [0.2, 0.25) is 5.02 Å². The highest BCUT2D eigenvalue weighted by Gasteiger charge is 2.29. The van der Waals surface area contributed by atoms with Gasteiger partial charge in [0.25, 0.3) is 5.91 Å². The van der Waals surface area contributed by atoms with Crippen LogP contribution in [0, 0.1) is 0 Å². The summed E-state index contributed by atoms with van der Waals surface area (Å²) in [5.74, 6) is -0.112. The smallest absolute Gasteiger partial charge is 0.261 e. The topological polar surface area (TPSA) is 84.7 Å². The normalized spacial score (nSPS) is 17.0. The van der Waals surface area contributed by atoms with Crippen LogP contribution in [0.25, 0.3) is 0 Å². The van der Waals surface area contributed by atoms with Crippen molar-refractivity contribution in [2.45, 2.75) is 6.04 Å². The summed E-state index contributed by atoms with van der Waals surface area (Å²) in [5.41, 5.74) is 6.52. The number of primary amides is 1. The van der Waals surface area contributed by atoms with Crippen molar-refractivity contribution in [1.82, 2.24) is 10.2 Å². The van der Waals surface area contributed by atoms with Gasteiger partial charge in [-0.1, -0.05) is 29.8 Å². The van der Waals surface area contributed by atoms with Crippen LogP contribution in [-0.4, -0.2) is 43.0 Å². The van der Waals surface area contributed by atoms with Crippen molar-refractivity contribution >= 4 is 23.4 Å². The summed E-state index contributed by atoms with van der Waals surface area (Å²) in [5, 5.41) is 3.94. The van der Waals surface area contributed by atoms with E-state index in [4.69, 9.17) is 22.1 Å². The molecule has 0 radical (unpaired) electrons. The fourth-order valence-corrected chi connectivity index (χ4v) is 3.23. The van der Waals surface area contributed by atoms with Gasteiger partial charge in [-0.05, 0) is 35.9 Å². The number of nitrogens with two attached hydrogens (primary N) is 1. The van der Waals surface area contributed by atoms with Gasteiger partial charge >= 0.3 is 0 Å². The van der Waals surface area contributed by atoms with E-state index in [1.54, 1.807) is 29.2 Å². The maximum atomic E-state index is 12.7. The molecule has 1 fully saturated rings. The summed E-state index contributed by atoms with van der Waals surface area (Å²) < 4.78 is 5.57. The molecule has 6 nitrogen and oxygen atoms in total. The number of piperazine rings is 1. The summed E-state index contributed by atoms with van der Waals surface area (Å²) in [4.78, 5) is 25.6. The highest BCUT2D eigenvalue weighted by atomic mass is 35.5. The lowest BCUT2D eigenvalue weighted by Gasteiger charge is -2.36. The molecule has 3 N–H and O–H groups in total. The van der Waals surface area contributed by atoms with E-state index in [-0.39, 0.29) is 18.6 Å². The molecule has 1 atom stereocenters. The second-order valence-corrected chi connectivity index (χ2v) is 6.41. The monoisotopic (exact) mass is 373 g/mol. The van der Waals surface area contributed by atoms with Crippen molar-refractivity contribution < 1.29 is 14.3 Å². The molecule has 26 heavy (non-hydrogen) atoms. The zero-order valence-corrected chi connectivity index (χ0v) is 14.9. The van der Waals surface area contributed by atoms with Crippen molar-refractivity contribution in [2.24, 2.45) is 5.73 Å². The molecule has 1 unspecified atom stereocenters. The molecule has 1 aliphatic heterocycles. The zero-order chi connectivity index (χ0) is 18.5. The van der Waals surface area contributed by atoms with E-state index in [9.17, 15) is 9.59 Å². The third-order valence-corrected chi connectivity index (χ3v) is 4.67. The van der Waals surface area contributed by atoms with Crippen molar-refractivity contribution in [3.8, 4) is 5.75 Å². The number of nitrogens with one attached hydrogen (secondary N) is 1. The zero-order valence-electron chi connectivity index (χ0n) is 14.2. The Balaban J connectivity index is 1.67. The summed E-state index contributed by atoms with van der Waals surface area (Å²) in [6, 6.07) is 13.8. The predicted octanol–water partition coefficient (Wildman–Crippen LogP) is 1.99. The summed E-state index contributed by atoms with van der Waals surface area (Å²) in [6.45, 7) is 1.86. The molecule has 1 saturated heterocycles. The Morgan fingerprint density at radius 2 is 1.92 bits per heavy atom. The molecule has 0 saturated carbocycles. The number of rotatable bonds is 5. The van der Waals surface area contributed by atoms with Gasteiger partial charge in [0.2, 0.25) is 5.91 Å². The van der Waals surface area contributed by atoms with Crippen LogP contribution < -0.4 is 15.8 Å². The van der Waals surface area contributed by atoms with Gasteiger partial charge in [0.05, 0.1) is 6.04 Å². The van der Waals surface area contributed by atoms with E-state index in [0.29, 0.717) is 29.4 Å². The number of halogens is 1. The average Bonchev–Trinajstić information content (AvgIpc) is 2.67. The van der Waals surface area contributed by atoms with E-state index in [0.717, 1.165) is 12.1 Å². The summed E-state index contributed by atoms with van der Waals surface area (Å²) in [6.07, 6.45) is 0. The molecule has 1 heterocycles. The number of carbonyl (C=O) groups excluding carboxylic acids is 2. The highest BCUT2D eigenvalue weighted by Crippen LogP contribution is 2.28. The first-order valence-electron chi connectivity index (χ1n) is 8.33. The van der Waals surface area contributed by atoms with Crippen molar-refractivity contribution in [2.75, 3.05) is 26.2 Å². The van der Waals surface area contributed by atoms with Crippen LogP contribution in [0.1, 0.15) is 22.0 Å². The minimum Gasteiger partial charge on any atom is -0.484 e. The van der Waals surface area contributed by atoms with Gasteiger partial charge in [0.1, 0.15) is 5.75 Å². The Morgan fingerprint density at radius 1 is 1.19 bits per heavy atom. The van der Waals surface area contributed by atoms with Crippen LogP contribution in [0.3, 0.4) is 0 Å². The first kappa shape index (κ1) is 18.2. The molecular weight excluding hydrogens is 354 g/mol. The quantitative estimate of drug-likeness (QED) is 0.839. The number of ether oxygens (including phenoxy) is 1.